The fourth-order valence-electron chi connectivity index (χ4n) is 1.69. The van der Waals surface area contributed by atoms with Gasteiger partial charge in [0.05, 0.1) is 10.7 Å². The normalized spacial score (nSPS) is 11.8. The molecule has 2 nitrogen and oxygen atoms in total. The lowest BCUT2D eigenvalue weighted by atomic mass is 10.1. The Morgan fingerprint density at radius 3 is 2.35 bits per heavy atom. The maximum atomic E-state index is 6.13. The molecule has 1 rings (SSSR count). The van der Waals surface area contributed by atoms with Gasteiger partial charge in [0.25, 0.3) is 0 Å². The molecule has 0 saturated heterocycles. The van der Waals surface area contributed by atoms with Gasteiger partial charge in [-0.15, -0.1) is 0 Å². The Hall–Kier alpha value is -0.310. The first-order chi connectivity index (χ1) is 7.90. The molecule has 0 radical (unpaired) electrons. The summed E-state index contributed by atoms with van der Waals surface area (Å²) in [4.78, 5) is 6.65. The molecule has 96 valence electrons. The summed E-state index contributed by atoms with van der Waals surface area (Å²) in [5.74, 6) is 0.621. The third-order valence-electron chi connectivity index (χ3n) is 2.57. The first kappa shape index (κ1) is 14.7. The summed E-state index contributed by atoms with van der Waals surface area (Å²) in [6.45, 7) is 10.6. The Labute approximate surface area is 114 Å². The summed E-state index contributed by atoms with van der Waals surface area (Å²) in [6, 6.07) is 3.99. The molecule has 1 aromatic rings. The van der Waals surface area contributed by atoms with Crippen molar-refractivity contribution in [2.75, 3.05) is 6.54 Å². The zero-order chi connectivity index (χ0) is 13.0. The zero-order valence-corrected chi connectivity index (χ0v) is 12.4. The van der Waals surface area contributed by atoms with Gasteiger partial charge in [-0.05, 0) is 31.9 Å². The fraction of sp³-hybridized carbons (Fsp3) is 0.615. The number of pyridine rings is 1. The molecule has 0 aliphatic rings. The van der Waals surface area contributed by atoms with Crippen LogP contribution in [0, 0.1) is 5.92 Å². The summed E-state index contributed by atoms with van der Waals surface area (Å²) in [5.41, 5.74) is 0.855. The smallest absolute Gasteiger partial charge is 0.129 e. The second kappa shape index (κ2) is 6.58. The van der Waals surface area contributed by atoms with Crippen LogP contribution in [0.2, 0.25) is 10.2 Å². The summed E-state index contributed by atoms with van der Waals surface area (Å²) in [6.07, 6.45) is 0. The van der Waals surface area contributed by atoms with Crippen LogP contribution in [-0.2, 0) is 6.54 Å². The predicted molar refractivity (Wildman–Crippen MR) is 74.6 cm³/mol. The highest BCUT2D eigenvalue weighted by atomic mass is 35.5. The van der Waals surface area contributed by atoms with Gasteiger partial charge in [0.2, 0.25) is 0 Å². The van der Waals surface area contributed by atoms with E-state index in [1.807, 2.05) is 0 Å². The lowest BCUT2D eigenvalue weighted by Crippen LogP contribution is -2.34. The number of hydrogen-bond donors (Lipinski definition) is 0. The lowest BCUT2D eigenvalue weighted by Gasteiger charge is -2.28. The number of rotatable bonds is 5. The lowest BCUT2D eigenvalue weighted by molar-refractivity contribution is 0.187. The predicted octanol–water partition coefficient (Wildman–Crippen LogP) is 4.25. The van der Waals surface area contributed by atoms with Gasteiger partial charge in [-0.3, -0.25) is 4.90 Å². The molecule has 0 N–H and O–H groups in total. The van der Waals surface area contributed by atoms with Crippen LogP contribution in [0.1, 0.15) is 33.4 Å². The highest BCUT2D eigenvalue weighted by Crippen LogP contribution is 2.20. The van der Waals surface area contributed by atoms with Crippen LogP contribution >= 0.6 is 23.2 Å². The molecule has 17 heavy (non-hydrogen) atoms. The van der Waals surface area contributed by atoms with Crippen LogP contribution in [0.5, 0.6) is 0 Å². The average molecular weight is 275 g/mol. The minimum Gasteiger partial charge on any atom is -0.295 e. The van der Waals surface area contributed by atoms with Crippen LogP contribution in [0.3, 0.4) is 0 Å². The first-order valence-electron chi connectivity index (χ1n) is 5.95. The Morgan fingerprint density at radius 2 is 1.82 bits per heavy atom. The summed E-state index contributed by atoms with van der Waals surface area (Å²) in [5, 5.41) is 1.18. The molecular formula is C13H20Cl2N2. The van der Waals surface area contributed by atoms with Gasteiger partial charge in [0.15, 0.2) is 0 Å². The quantitative estimate of drug-likeness (QED) is 0.746. The standard InChI is InChI=1S/C13H20Cl2N2/c1-9(2)7-17(10(3)4)8-12-11(14)5-6-13(15)16-12/h5-6,9-10H,7-8H2,1-4H3. The van der Waals surface area contributed by atoms with Crippen molar-refractivity contribution in [1.29, 1.82) is 0 Å². The van der Waals surface area contributed by atoms with Gasteiger partial charge in [0, 0.05) is 19.1 Å². The summed E-state index contributed by atoms with van der Waals surface area (Å²) < 4.78 is 0. The summed E-state index contributed by atoms with van der Waals surface area (Å²) in [7, 11) is 0. The molecule has 1 aromatic heterocycles. The molecular weight excluding hydrogens is 255 g/mol. The van der Waals surface area contributed by atoms with Crippen LogP contribution in [0.15, 0.2) is 12.1 Å². The number of hydrogen-bond acceptors (Lipinski definition) is 2. The van der Waals surface area contributed by atoms with Crippen molar-refractivity contribution in [2.24, 2.45) is 5.92 Å². The number of nitrogens with zero attached hydrogens (tertiary/aromatic N) is 2. The maximum absolute atomic E-state index is 6.13. The van der Waals surface area contributed by atoms with Gasteiger partial charge >= 0.3 is 0 Å². The van der Waals surface area contributed by atoms with E-state index in [1.165, 1.54) is 0 Å². The van der Waals surface area contributed by atoms with Gasteiger partial charge in [-0.2, -0.15) is 0 Å². The zero-order valence-electron chi connectivity index (χ0n) is 10.9. The van der Waals surface area contributed by atoms with E-state index in [0.717, 1.165) is 18.8 Å². The third kappa shape index (κ3) is 4.82. The van der Waals surface area contributed by atoms with Gasteiger partial charge in [-0.1, -0.05) is 37.0 Å². The molecule has 0 aromatic carbocycles. The molecule has 0 amide bonds. The highest BCUT2D eigenvalue weighted by Gasteiger charge is 2.14. The van der Waals surface area contributed by atoms with E-state index in [-0.39, 0.29) is 0 Å². The van der Waals surface area contributed by atoms with Crippen LogP contribution in [-0.4, -0.2) is 22.5 Å². The van der Waals surface area contributed by atoms with Crippen molar-refractivity contribution in [3.8, 4) is 0 Å². The second-order valence-corrected chi connectivity index (χ2v) is 5.77. The van der Waals surface area contributed by atoms with Gasteiger partial charge in [-0.25, -0.2) is 4.98 Å². The van der Waals surface area contributed by atoms with Crippen molar-refractivity contribution >= 4 is 23.2 Å². The largest absolute Gasteiger partial charge is 0.295 e. The van der Waals surface area contributed by atoms with E-state index in [9.17, 15) is 0 Å². The minimum absolute atomic E-state index is 0.467. The fourth-order valence-corrected chi connectivity index (χ4v) is 2.02. The van der Waals surface area contributed by atoms with Crippen molar-refractivity contribution < 1.29 is 0 Å². The van der Waals surface area contributed by atoms with E-state index < -0.39 is 0 Å². The monoisotopic (exact) mass is 274 g/mol. The molecule has 0 aliphatic heterocycles. The van der Waals surface area contributed by atoms with Crippen molar-refractivity contribution in [1.82, 2.24) is 9.88 Å². The molecule has 1 heterocycles. The minimum atomic E-state index is 0.467. The van der Waals surface area contributed by atoms with Crippen molar-refractivity contribution in [3.63, 3.8) is 0 Å². The van der Waals surface area contributed by atoms with Crippen molar-refractivity contribution in [2.45, 2.75) is 40.3 Å². The van der Waals surface area contributed by atoms with E-state index in [1.54, 1.807) is 12.1 Å². The molecule has 0 unspecified atom stereocenters. The summed E-state index contributed by atoms with van der Waals surface area (Å²) >= 11 is 12.0. The van der Waals surface area contributed by atoms with Crippen molar-refractivity contribution in [3.05, 3.63) is 28.0 Å². The number of aromatic nitrogens is 1. The highest BCUT2D eigenvalue weighted by molar-refractivity contribution is 6.32. The maximum Gasteiger partial charge on any atom is 0.129 e. The molecule has 0 saturated carbocycles. The Kier molecular flexibility index (Phi) is 5.71. The SMILES string of the molecule is CC(C)CN(Cc1nc(Cl)ccc1Cl)C(C)C. The topological polar surface area (TPSA) is 16.1 Å². The van der Waals surface area contributed by atoms with Crippen LogP contribution in [0.4, 0.5) is 0 Å². The third-order valence-corrected chi connectivity index (χ3v) is 3.12. The Balaban J connectivity index is 2.81. The molecule has 0 aliphatic carbocycles. The van der Waals surface area contributed by atoms with E-state index in [4.69, 9.17) is 23.2 Å². The average Bonchev–Trinajstić information content (AvgIpc) is 2.21. The van der Waals surface area contributed by atoms with E-state index in [2.05, 4.69) is 37.6 Å². The van der Waals surface area contributed by atoms with Gasteiger partial charge < -0.3 is 0 Å². The van der Waals surface area contributed by atoms with E-state index in [0.29, 0.717) is 22.1 Å². The van der Waals surface area contributed by atoms with E-state index >= 15 is 0 Å². The Morgan fingerprint density at radius 1 is 1.18 bits per heavy atom. The van der Waals surface area contributed by atoms with Crippen LogP contribution in [0.25, 0.3) is 0 Å². The Bertz CT molecular complexity index is 364. The number of halogens is 2. The first-order valence-corrected chi connectivity index (χ1v) is 6.70. The van der Waals surface area contributed by atoms with Crippen LogP contribution < -0.4 is 0 Å². The molecule has 0 bridgehead atoms. The molecule has 0 fully saturated rings. The van der Waals surface area contributed by atoms with Gasteiger partial charge in [0.1, 0.15) is 5.15 Å². The molecule has 0 spiro atoms. The molecule has 0 atom stereocenters. The second-order valence-electron chi connectivity index (χ2n) is 4.98. The molecule has 4 heteroatoms.